The highest BCUT2D eigenvalue weighted by Crippen LogP contribution is 2.33. The number of thiazole rings is 1. The Morgan fingerprint density at radius 2 is 2.08 bits per heavy atom. The largest absolute Gasteiger partial charge is 0.507 e. The standard InChI is InChI=1S/C17H13FN2O3S/c1-23-15-7-6-10(18)8-12(15)13-9-24-17(19-13)20-16(22)11-4-2-3-5-14(11)21/h2-9,21H,1H3,(H,19,20,22). The number of phenols is 1. The molecule has 0 unspecified atom stereocenters. The molecule has 0 aliphatic carbocycles. The molecule has 0 radical (unpaired) electrons. The van der Waals surface area contributed by atoms with Crippen molar-refractivity contribution in [1.82, 2.24) is 4.98 Å². The van der Waals surface area contributed by atoms with E-state index in [1.807, 2.05) is 0 Å². The van der Waals surface area contributed by atoms with Crippen molar-refractivity contribution >= 4 is 22.4 Å². The fraction of sp³-hybridized carbons (Fsp3) is 0.0588. The molecule has 0 saturated carbocycles. The van der Waals surface area contributed by atoms with Gasteiger partial charge in [0.2, 0.25) is 0 Å². The Balaban J connectivity index is 1.85. The van der Waals surface area contributed by atoms with Crippen molar-refractivity contribution in [2.24, 2.45) is 0 Å². The Kier molecular flexibility index (Phi) is 4.43. The Hall–Kier alpha value is -2.93. The molecule has 0 aliphatic heterocycles. The molecule has 122 valence electrons. The molecule has 2 N–H and O–H groups in total. The molecule has 24 heavy (non-hydrogen) atoms. The normalized spacial score (nSPS) is 10.4. The van der Waals surface area contributed by atoms with Crippen molar-refractivity contribution < 1.29 is 19.0 Å². The van der Waals surface area contributed by atoms with Gasteiger partial charge < -0.3 is 9.84 Å². The number of hydrogen-bond acceptors (Lipinski definition) is 5. The zero-order valence-corrected chi connectivity index (χ0v) is 13.4. The number of benzene rings is 2. The van der Waals surface area contributed by atoms with Crippen molar-refractivity contribution in [2.45, 2.75) is 0 Å². The van der Waals surface area contributed by atoms with E-state index in [1.54, 1.807) is 17.5 Å². The van der Waals surface area contributed by atoms with E-state index >= 15 is 0 Å². The van der Waals surface area contributed by atoms with Gasteiger partial charge in [0.15, 0.2) is 5.13 Å². The van der Waals surface area contributed by atoms with Crippen LogP contribution < -0.4 is 10.1 Å². The van der Waals surface area contributed by atoms with Gasteiger partial charge in [0, 0.05) is 10.9 Å². The van der Waals surface area contributed by atoms with Gasteiger partial charge in [0.05, 0.1) is 18.4 Å². The number of nitrogens with zero attached hydrogens (tertiary/aromatic N) is 1. The molecule has 3 rings (SSSR count). The van der Waals surface area contributed by atoms with Crippen molar-refractivity contribution in [1.29, 1.82) is 0 Å². The number of anilines is 1. The molecule has 2 aromatic carbocycles. The van der Waals surface area contributed by atoms with Gasteiger partial charge >= 0.3 is 0 Å². The van der Waals surface area contributed by atoms with E-state index in [1.165, 1.54) is 48.8 Å². The highest BCUT2D eigenvalue weighted by atomic mass is 32.1. The van der Waals surface area contributed by atoms with Crippen LogP contribution in [-0.2, 0) is 0 Å². The lowest BCUT2D eigenvalue weighted by molar-refractivity contribution is 0.102. The molecule has 0 atom stereocenters. The maximum atomic E-state index is 13.5. The number of phenolic OH excluding ortho intramolecular Hbond substituents is 1. The first-order chi connectivity index (χ1) is 11.6. The molecule has 7 heteroatoms. The van der Waals surface area contributed by atoms with E-state index in [0.717, 1.165) is 0 Å². The van der Waals surface area contributed by atoms with E-state index in [-0.39, 0.29) is 11.3 Å². The second-order valence-corrected chi connectivity index (χ2v) is 5.71. The lowest BCUT2D eigenvalue weighted by Crippen LogP contribution is -2.11. The van der Waals surface area contributed by atoms with E-state index in [4.69, 9.17) is 4.74 Å². The molecule has 1 amide bonds. The summed E-state index contributed by atoms with van der Waals surface area (Å²) in [4.78, 5) is 16.5. The second-order valence-electron chi connectivity index (χ2n) is 4.85. The summed E-state index contributed by atoms with van der Waals surface area (Å²) in [6.07, 6.45) is 0. The van der Waals surface area contributed by atoms with E-state index in [0.29, 0.717) is 22.1 Å². The van der Waals surface area contributed by atoms with Crippen LogP contribution in [0.2, 0.25) is 0 Å². The SMILES string of the molecule is COc1ccc(F)cc1-c1csc(NC(=O)c2ccccc2O)n1. The van der Waals surface area contributed by atoms with Crippen LogP contribution in [0.25, 0.3) is 11.3 Å². The fourth-order valence-corrected chi connectivity index (χ4v) is 2.87. The lowest BCUT2D eigenvalue weighted by Gasteiger charge is -2.06. The predicted molar refractivity (Wildman–Crippen MR) is 90.1 cm³/mol. The maximum Gasteiger partial charge on any atom is 0.261 e. The molecule has 0 fully saturated rings. The average molecular weight is 344 g/mol. The zero-order valence-electron chi connectivity index (χ0n) is 12.6. The second kappa shape index (κ2) is 6.67. The van der Waals surface area contributed by atoms with Crippen LogP contribution in [-0.4, -0.2) is 23.1 Å². The molecular formula is C17H13FN2O3S. The minimum Gasteiger partial charge on any atom is -0.507 e. The Morgan fingerprint density at radius 3 is 2.83 bits per heavy atom. The van der Waals surface area contributed by atoms with Crippen molar-refractivity contribution in [3.05, 3.63) is 59.2 Å². The highest BCUT2D eigenvalue weighted by molar-refractivity contribution is 7.14. The number of halogens is 1. The summed E-state index contributed by atoms with van der Waals surface area (Å²) >= 11 is 1.20. The third-order valence-corrected chi connectivity index (χ3v) is 4.07. The summed E-state index contributed by atoms with van der Waals surface area (Å²) in [5.41, 5.74) is 1.14. The zero-order chi connectivity index (χ0) is 17.1. The number of carbonyl (C=O) groups excluding carboxylic acids is 1. The monoisotopic (exact) mass is 344 g/mol. The van der Waals surface area contributed by atoms with Gasteiger partial charge in [0.1, 0.15) is 17.3 Å². The van der Waals surface area contributed by atoms with Crippen LogP contribution >= 0.6 is 11.3 Å². The third kappa shape index (κ3) is 3.21. The van der Waals surface area contributed by atoms with Crippen molar-refractivity contribution in [2.75, 3.05) is 12.4 Å². The number of carbonyl (C=O) groups is 1. The van der Waals surface area contributed by atoms with Crippen LogP contribution in [0, 0.1) is 5.82 Å². The van der Waals surface area contributed by atoms with Gasteiger partial charge in [-0.25, -0.2) is 9.37 Å². The number of aromatic hydroxyl groups is 1. The number of rotatable bonds is 4. The van der Waals surface area contributed by atoms with Gasteiger partial charge in [-0.05, 0) is 30.3 Å². The quantitative estimate of drug-likeness (QED) is 0.753. The molecule has 1 aromatic heterocycles. The predicted octanol–water partition coefficient (Wildman–Crippen LogP) is 3.92. The van der Waals surface area contributed by atoms with E-state index < -0.39 is 11.7 Å². The lowest BCUT2D eigenvalue weighted by atomic mass is 10.1. The summed E-state index contributed by atoms with van der Waals surface area (Å²) in [7, 11) is 1.49. The number of nitrogens with one attached hydrogen (secondary N) is 1. The molecule has 0 saturated heterocycles. The van der Waals surface area contributed by atoms with Crippen LogP contribution in [0.5, 0.6) is 11.5 Å². The number of amides is 1. The molecule has 5 nitrogen and oxygen atoms in total. The Morgan fingerprint density at radius 1 is 1.29 bits per heavy atom. The van der Waals surface area contributed by atoms with Crippen LogP contribution in [0.3, 0.4) is 0 Å². The molecule has 0 spiro atoms. The van der Waals surface area contributed by atoms with Crippen molar-refractivity contribution in [3.63, 3.8) is 0 Å². The number of para-hydroxylation sites is 1. The number of methoxy groups -OCH3 is 1. The van der Waals surface area contributed by atoms with Crippen LogP contribution in [0.15, 0.2) is 47.8 Å². The minimum absolute atomic E-state index is 0.112. The van der Waals surface area contributed by atoms with Crippen LogP contribution in [0.1, 0.15) is 10.4 Å². The summed E-state index contributed by atoms with van der Waals surface area (Å²) in [5.74, 6) is -0.502. The van der Waals surface area contributed by atoms with Crippen LogP contribution in [0.4, 0.5) is 9.52 Å². The molecule has 0 aliphatic rings. The first-order valence-electron chi connectivity index (χ1n) is 6.97. The summed E-state index contributed by atoms with van der Waals surface area (Å²) < 4.78 is 18.7. The molecule has 1 heterocycles. The van der Waals surface area contributed by atoms with Gasteiger partial charge in [-0.3, -0.25) is 10.1 Å². The molecular weight excluding hydrogens is 331 g/mol. The van der Waals surface area contributed by atoms with Gasteiger partial charge in [-0.2, -0.15) is 0 Å². The minimum atomic E-state index is -0.472. The number of aromatic nitrogens is 1. The molecule has 0 bridgehead atoms. The summed E-state index contributed by atoms with van der Waals surface area (Å²) in [5, 5.41) is 14.3. The summed E-state index contributed by atoms with van der Waals surface area (Å²) in [6, 6.07) is 10.4. The topological polar surface area (TPSA) is 71.5 Å². The third-order valence-electron chi connectivity index (χ3n) is 3.31. The van der Waals surface area contributed by atoms with E-state index in [9.17, 15) is 14.3 Å². The first-order valence-corrected chi connectivity index (χ1v) is 7.85. The Labute approximate surface area is 141 Å². The van der Waals surface area contributed by atoms with Gasteiger partial charge in [0.25, 0.3) is 5.91 Å². The molecule has 3 aromatic rings. The Bertz CT molecular complexity index is 895. The maximum absolute atomic E-state index is 13.5. The van der Waals surface area contributed by atoms with Gasteiger partial charge in [-0.1, -0.05) is 12.1 Å². The smallest absolute Gasteiger partial charge is 0.261 e. The number of hydrogen-bond donors (Lipinski definition) is 2. The first kappa shape index (κ1) is 15.9. The highest BCUT2D eigenvalue weighted by Gasteiger charge is 2.15. The van der Waals surface area contributed by atoms with Crippen molar-refractivity contribution in [3.8, 4) is 22.8 Å². The fourth-order valence-electron chi connectivity index (χ4n) is 2.17. The average Bonchev–Trinajstić information content (AvgIpc) is 3.03. The summed E-state index contributed by atoms with van der Waals surface area (Å²) in [6.45, 7) is 0. The van der Waals surface area contributed by atoms with Gasteiger partial charge in [-0.15, -0.1) is 11.3 Å². The number of ether oxygens (including phenoxy) is 1. The van der Waals surface area contributed by atoms with E-state index in [2.05, 4.69) is 10.3 Å².